The smallest absolute Gasteiger partial charge is 0.122 e. The predicted octanol–water partition coefficient (Wildman–Crippen LogP) is 3.26. The molecule has 1 aromatic rings. The number of para-hydroxylation sites is 1. The summed E-state index contributed by atoms with van der Waals surface area (Å²) in [5, 5.41) is 3.30. The molecular formula is C15H25NO. The zero-order valence-electron chi connectivity index (χ0n) is 11.7. The van der Waals surface area contributed by atoms with Gasteiger partial charge >= 0.3 is 0 Å². The normalized spacial score (nSPS) is 13.5. The summed E-state index contributed by atoms with van der Waals surface area (Å²) in [5.41, 5.74) is 1.57. The maximum atomic E-state index is 5.41. The summed E-state index contributed by atoms with van der Waals surface area (Å²) in [6, 6.07) is 8.83. The molecule has 2 nitrogen and oxygen atoms in total. The Morgan fingerprint density at radius 2 is 1.94 bits per heavy atom. The van der Waals surface area contributed by atoms with Crippen LogP contribution in [0.4, 0.5) is 0 Å². The lowest BCUT2D eigenvalue weighted by Gasteiger charge is -2.28. The van der Waals surface area contributed by atoms with Crippen molar-refractivity contribution >= 4 is 0 Å². The highest BCUT2D eigenvalue weighted by atomic mass is 16.5. The van der Waals surface area contributed by atoms with Gasteiger partial charge in [-0.3, -0.25) is 0 Å². The van der Waals surface area contributed by atoms with E-state index in [9.17, 15) is 0 Å². The van der Waals surface area contributed by atoms with Gasteiger partial charge in [-0.15, -0.1) is 0 Å². The summed E-state index contributed by atoms with van der Waals surface area (Å²) < 4.78 is 5.41. The van der Waals surface area contributed by atoms with Gasteiger partial charge in [-0.2, -0.15) is 0 Å². The summed E-state index contributed by atoms with van der Waals surface area (Å²) in [4.78, 5) is 0. The number of rotatable bonds is 6. The van der Waals surface area contributed by atoms with E-state index >= 15 is 0 Å². The lowest BCUT2D eigenvalue weighted by Crippen LogP contribution is -2.29. The van der Waals surface area contributed by atoms with Crippen LogP contribution >= 0.6 is 0 Å². The molecular weight excluding hydrogens is 210 g/mol. The average Bonchev–Trinajstić information content (AvgIpc) is 2.28. The minimum Gasteiger partial charge on any atom is -0.496 e. The first-order valence-corrected chi connectivity index (χ1v) is 6.27. The minimum absolute atomic E-state index is 0.275. The molecule has 0 aromatic heterocycles. The van der Waals surface area contributed by atoms with E-state index in [0.717, 1.165) is 18.6 Å². The Labute approximate surface area is 105 Å². The number of hydrogen-bond acceptors (Lipinski definition) is 2. The van der Waals surface area contributed by atoms with Crippen molar-refractivity contribution in [1.29, 1.82) is 0 Å². The zero-order chi connectivity index (χ0) is 12.9. The molecule has 0 radical (unpaired) electrons. The van der Waals surface area contributed by atoms with Crippen LogP contribution in [0.5, 0.6) is 5.75 Å². The summed E-state index contributed by atoms with van der Waals surface area (Å²) >= 11 is 0. The van der Waals surface area contributed by atoms with Crippen LogP contribution in [0.2, 0.25) is 0 Å². The third-order valence-electron chi connectivity index (χ3n) is 3.21. The third kappa shape index (κ3) is 4.39. The Morgan fingerprint density at radius 3 is 2.53 bits per heavy atom. The van der Waals surface area contributed by atoms with Gasteiger partial charge in [0, 0.05) is 6.04 Å². The second kappa shape index (κ2) is 6.06. The van der Waals surface area contributed by atoms with Gasteiger partial charge in [-0.05, 0) is 43.9 Å². The standard InChI is InChI=1S/C15H25NO/c1-12(16-4)10-15(2,3)11-13-8-6-7-9-14(13)17-5/h6-9,12,16H,10-11H2,1-5H3. The van der Waals surface area contributed by atoms with E-state index in [1.54, 1.807) is 7.11 Å². The topological polar surface area (TPSA) is 21.3 Å². The predicted molar refractivity (Wildman–Crippen MR) is 73.6 cm³/mol. The Bertz CT molecular complexity index is 347. The van der Waals surface area contributed by atoms with Crippen LogP contribution in [0.15, 0.2) is 24.3 Å². The highest BCUT2D eigenvalue weighted by Crippen LogP contribution is 2.31. The van der Waals surface area contributed by atoms with Crippen LogP contribution in [0.25, 0.3) is 0 Å². The van der Waals surface area contributed by atoms with E-state index in [4.69, 9.17) is 4.74 Å². The average molecular weight is 235 g/mol. The molecule has 0 saturated carbocycles. The lowest BCUT2D eigenvalue weighted by molar-refractivity contribution is 0.288. The first-order valence-electron chi connectivity index (χ1n) is 6.27. The van der Waals surface area contributed by atoms with E-state index in [1.807, 2.05) is 19.2 Å². The van der Waals surface area contributed by atoms with Crippen molar-refractivity contribution in [3.05, 3.63) is 29.8 Å². The van der Waals surface area contributed by atoms with Crippen LogP contribution in [0.3, 0.4) is 0 Å². The Kier molecular flexibility index (Phi) is 5.01. The van der Waals surface area contributed by atoms with Crippen molar-refractivity contribution in [2.24, 2.45) is 5.41 Å². The first-order chi connectivity index (χ1) is 7.98. The van der Waals surface area contributed by atoms with Crippen molar-refractivity contribution < 1.29 is 4.74 Å². The summed E-state index contributed by atoms with van der Waals surface area (Å²) in [5.74, 6) is 0.998. The third-order valence-corrected chi connectivity index (χ3v) is 3.21. The van der Waals surface area contributed by atoms with E-state index in [0.29, 0.717) is 6.04 Å². The van der Waals surface area contributed by atoms with Gasteiger partial charge < -0.3 is 10.1 Å². The van der Waals surface area contributed by atoms with Gasteiger partial charge in [0.15, 0.2) is 0 Å². The van der Waals surface area contributed by atoms with Crippen molar-refractivity contribution in [1.82, 2.24) is 5.32 Å². The van der Waals surface area contributed by atoms with E-state index in [-0.39, 0.29) is 5.41 Å². The molecule has 0 saturated heterocycles. The van der Waals surface area contributed by atoms with Gasteiger partial charge in [0.1, 0.15) is 5.75 Å². The number of ether oxygens (including phenoxy) is 1. The molecule has 1 N–H and O–H groups in total. The largest absolute Gasteiger partial charge is 0.496 e. The Hall–Kier alpha value is -1.02. The number of methoxy groups -OCH3 is 1. The Balaban J connectivity index is 2.75. The molecule has 0 amide bonds. The SMILES string of the molecule is CNC(C)CC(C)(C)Cc1ccccc1OC. The van der Waals surface area contributed by atoms with Gasteiger partial charge in [-0.1, -0.05) is 32.0 Å². The Morgan fingerprint density at radius 1 is 1.29 bits per heavy atom. The van der Waals surface area contributed by atoms with Gasteiger partial charge in [0.25, 0.3) is 0 Å². The van der Waals surface area contributed by atoms with E-state index < -0.39 is 0 Å². The summed E-state index contributed by atoms with van der Waals surface area (Å²) in [6.07, 6.45) is 2.20. The highest BCUT2D eigenvalue weighted by Gasteiger charge is 2.22. The van der Waals surface area contributed by atoms with Crippen molar-refractivity contribution in [2.45, 2.75) is 39.7 Å². The lowest BCUT2D eigenvalue weighted by atomic mass is 9.80. The van der Waals surface area contributed by atoms with Crippen LogP contribution in [-0.2, 0) is 6.42 Å². The summed E-state index contributed by atoms with van der Waals surface area (Å²) in [7, 11) is 3.76. The molecule has 0 heterocycles. The number of benzene rings is 1. The highest BCUT2D eigenvalue weighted by molar-refractivity contribution is 5.33. The zero-order valence-corrected chi connectivity index (χ0v) is 11.7. The second-order valence-electron chi connectivity index (χ2n) is 5.55. The van der Waals surface area contributed by atoms with Crippen LogP contribution in [0.1, 0.15) is 32.8 Å². The first kappa shape index (κ1) is 14.0. The molecule has 0 spiro atoms. The van der Waals surface area contributed by atoms with E-state index in [1.165, 1.54) is 5.56 Å². The summed E-state index contributed by atoms with van der Waals surface area (Å²) in [6.45, 7) is 6.85. The molecule has 17 heavy (non-hydrogen) atoms. The van der Waals surface area contributed by atoms with E-state index in [2.05, 4.69) is 38.2 Å². The molecule has 1 rings (SSSR count). The monoisotopic (exact) mass is 235 g/mol. The van der Waals surface area contributed by atoms with Crippen molar-refractivity contribution in [3.63, 3.8) is 0 Å². The maximum Gasteiger partial charge on any atom is 0.122 e. The fraction of sp³-hybridized carbons (Fsp3) is 0.600. The second-order valence-corrected chi connectivity index (χ2v) is 5.55. The van der Waals surface area contributed by atoms with Crippen molar-refractivity contribution in [2.75, 3.05) is 14.2 Å². The molecule has 1 aromatic carbocycles. The van der Waals surface area contributed by atoms with Crippen LogP contribution < -0.4 is 10.1 Å². The molecule has 0 aliphatic carbocycles. The molecule has 2 heteroatoms. The quantitative estimate of drug-likeness (QED) is 0.817. The van der Waals surface area contributed by atoms with Crippen molar-refractivity contribution in [3.8, 4) is 5.75 Å². The maximum absolute atomic E-state index is 5.41. The fourth-order valence-corrected chi connectivity index (χ4v) is 2.37. The van der Waals surface area contributed by atoms with Gasteiger partial charge in [-0.25, -0.2) is 0 Å². The minimum atomic E-state index is 0.275. The molecule has 0 aliphatic heterocycles. The molecule has 0 aliphatic rings. The van der Waals surface area contributed by atoms with Gasteiger partial charge in [0.2, 0.25) is 0 Å². The molecule has 0 fully saturated rings. The molecule has 96 valence electrons. The number of hydrogen-bond donors (Lipinski definition) is 1. The molecule has 0 bridgehead atoms. The van der Waals surface area contributed by atoms with Crippen LogP contribution in [0, 0.1) is 5.41 Å². The fourth-order valence-electron chi connectivity index (χ4n) is 2.37. The molecule has 1 atom stereocenters. The number of nitrogens with one attached hydrogen (secondary N) is 1. The van der Waals surface area contributed by atoms with Crippen LogP contribution in [-0.4, -0.2) is 20.2 Å². The van der Waals surface area contributed by atoms with Gasteiger partial charge in [0.05, 0.1) is 7.11 Å². The molecule has 1 unspecified atom stereocenters.